The molecule has 1 aromatic carbocycles. The third-order valence-corrected chi connectivity index (χ3v) is 4.50. The monoisotopic (exact) mass is 368 g/mol. The molecule has 1 aromatic rings. The van der Waals surface area contributed by atoms with E-state index in [1.165, 1.54) is 0 Å². The van der Waals surface area contributed by atoms with Crippen molar-refractivity contribution in [2.75, 3.05) is 0 Å². The summed E-state index contributed by atoms with van der Waals surface area (Å²) in [6, 6.07) is 7.11. The maximum atomic E-state index is 12.1. The van der Waals surface area contributed by atoms with Gasteiger partial charge >= 0.3 is 17.9 Å². The van der Waals surface area contributed by atoms with Crippen molar-refractivity contribution in [3.05, 3.63) is 34.3 Å². The second-order valence-corrected chi connectivity index (χ2v) is 6.41. The first-order chi connectivity index (χ1) is 10.4. The summed E-state index contributed by atoms with van der Waals surface area (Å²) in [7, 11) is 0. The number of benzene rings is 1. The van der Waals surface area contributed by atoms with Crippen LogP contribution in [0.1, 0.15) is 30.9 Å². The third kappa shape index (κ3) is 2.61. The Balaban J connectivity index is 1.77. The van der Waals surface area contributed by atoms with E-state index in [2.05, 4.69) is 15.9 Å². The van der Waals surface area contributed by atoms with E-state index in [1.54, 1.807) is 24.3 Å². The molecule has 116 valence electrons. The van der Waals surface area contributed by atoms with Gasteiger partial charge in [0, 0.05) is 4.47 Å². The minimum absolute atomic E-state index is 0.0673. The van der Waals surface area contributed by atoms with Gasteiger partial charge in [0.25, 0.3) is 0 Å². The molecule has 7 heteroatoms. The molecule has 3 rings (SSSR count). The second-order valence-electron chi connectivity index (χ2n) is 5.50. The maximum absolute atomic E-state index is 12.1. The lowest BCUT2D eigenvalue weighted by Crippen LogP contribution is -2.32. The number of carboxylic acids is 1. The molecule has 1 heterocycles. The number of carbonyl (C=O) groups is 3. The molecule has 6 nitrogen and oxygen atoms in total. The van der Waals surface area contributed by atoms with Crippen LogP contribution in [0.3, 0.4) is 0 Å². The van der Waals surface area contributed by atoms with Crippen LogP contribution >= 0.6 is 15.9 Å². The normalized spacial score (nSPS) is 25.4. The van der Waals surface area contributed by atoms with Gasteiger partial charge in [-0.1, -0.05) is 28.1 Å². The number of ether oxygens (including phenoxy) is 2. The highest BCUT2D eigenvalue weighted by Gasteiger charge is 2.59. The molecule has 2 aliphatic rings. The number of carbonyl (C=O) groups excluding carboxylic acids is 2. The molecule has 0 aromatic heterocycles. The van der Waals surface area contributed by atoms with Crippen LogP contribution in [0.15, 0.2) is 28.7 Å². The van der Waals surface area contributed by atoms with Gasteiger partial charge in [-0.25, -0.2) is 0 Å². The fourth-order valence-electron chi connectivity index (χ4n) is 2.46. The van der Waals surface area contributed by atoms with Crippen molar-refractivity contribution in [2.24, 2.45) is 5.41 Å². The summed E-state index contributed by atoms with van der Waals surface area (Å²) in [6.45, 7) is 0. The van der Waals surface area contributed by atoms with E-state index in [0.717, 1.165) is 4.47 Å². The van der Waals surface area contributed by atoms with Crippen LogP contribution in [-0.4, -0.2) is 29.1 Å². The van der Waals surface area contributed by atoms with Crippen LogP contribution in [0.2, 0.25) is 0 Å². The predicted molar refractivity (Wildman–Crippen MR) is 76.8 cm³/mol. The van der Waals surface area contributed by atoms with Crippen molar-refractivity contribution in [3.8, 4) is 0 Å². The minimum Gasteiger partial charge on any atom is -0.480 e. The number of rotatable bonds is 4. The molecule has 2 atom stereocenters. The molecular formula is C15H13BrO6. The zero-order chi connectivity index (χ0) is 15.9. The summed E-state index contributed by atoms with van der Waals surface area (Å²) < 4.78 is 11.4. The van der Waals surface area contributed by atoms with Crippen molar-refractivity contribution in [3.63, 3.8) is 0 Å². The molecule has 2 fully saturated rings. The van der Waals surface area contributed by atoms with E-state index in [0.29, 0.717) is 5.56 Å². The molecular weight excluding hydrogens is 356 g/mol. The largest absolute Gasteiger partial charge is 0.480 e. The van der Waals surface area contributed by atoms with Crippen LogP contribution in [0, 0.1) is 5.41 Å². The number of halogens is 1. The molecule has 1 saturated carbocycles. The average molecular weight is 369 g/mol. The number of hydrogen-bond donors (Lipinski definition) is 1. The fourth-order valence-corrected chi connectivity index (χ4v) is 2.72. The summed E-state index contributed by atoms with van der Waals surface area (Å²) in [5, 5.41) is 9.11. The highest BCUT2D eigenvalue weighted by Crippen LogP contribution is 2.48. The average Bonchev–Trinajstić information content (AvgIpc) is 3.20. The Hall–Kier alpha value is -1.89. The molecule has 0 bridgehead atoms. The SMILES string of the molecule is O=C1C[C@H](OC(=O)C2(C(=O)O)CC2)[C@@H](c2ccc(Br)cc2)O1. The lowest BCUT2D eigenvalue weighted by Gasteiger charge is -2.20. The molecule has 0 unspecified atom stereocenters. The highest BCUT2D eigenvalue weighted by atomic mass is 79.9. The minimum atomic E-state index is -1.43. The van der Waals surface area contributed by atoms with Crippen LogP contribution in [-0.2, 0) is 23.9 Å². The standard InChI is InChI=1S/C15H13BrO6/c16-9-3-1-8(2-4-9)12-10(7-11(17)22-12)21-14(20)15(5-6-15)13(18)19/h1-4,10,12H,5-7H2,(H,18,19)/t10-,12+/m0/s1. The van der Waals surface area contributed by atoms with Crippen molar-refractivity contribution in [2.45, 2.75) is 31.5 Å². The summed E-state index contributed by atoms with van der Waals surface area (Å²) in [6.07, 6.45) is -1.02. The number of hydrogen-bond acceptors (Lipinski definition) is 5. The Kier molecular flexibility index (Phi) is 3.68. The Morgan fingerprint density at radius 2 is 1.91 bits per heavy atom. The summed E-state index contributed by atoms with van der Waals surface area (Å²) in [5.74, 6) is -2.43. The predicted octanol–water partition coefficient (Wildman–Crippen LogP) is 2.21. The van der Waals surface area contributed by atoms with Gasteiger partial charge in [-0.2, -0.15) is 0 Å². The lowest BCUT2D eigenvalue weighted by molar-refractivity contribution is -0.167. The Labute approximate surface area is 134 Å². The van der Waals surface area contributed by atoms with Gasteiger partial charge in [-0.05, 0) is 30.5 Å². The first-order valence-corrected chi connectivity index (χ1v) is 7.61. The lowest BCUT2D eigenvalue weighted by atomic mass is 10.0. The van der Waals surface area contributed by atoms with E-state index >= 15 is 0 Å². The number of cyclic esters (lactones) is 1. The number of aliphatic carboxylic acids is 1. The van der Waals surface area contributed by atoms with Gasteiger partial charge < -0.3 is 14.6 Å². The number of esters is 2. The van der Waals surface area contributed by atoms with Gasteiger partial charge in [0.05, 0.1) is 6.42 Å². The smallest absolute Gasteiger partial charge is 0.323 e. The quantitative estimate of drug-likeness (QED) is 0.647. The van der Waals surface area contributed by atoms with E-state index < -0.39 is 35.5 Å². The zero-order valence-electron chi connectivity index (χ0n) is 11.5. The van der Waals surface area contributed by atoms with Crippen LogP contribution in [0.5, 0.6) is 0 Å². The fraction of sp³-hybridized carbons (Fsp3) is 0.400. The summed E-state index contributed by atoms with van der Waals surface area (Å²) in [4.78, 5) is 34.8. The second kappa shape index (κ2) is 5.39. The molecule has 22 heavy (non-hydrogen) atoms. The summed E-state index contributed by atoms with van der Waals surface area (Å²) in [5.41, 5.74) is -0.734. The van der Waals surface area contributed by atoms with Gasteiger partial charge in [-0.15, -0.1) is 0 Å². The van der Waals surface area contributed by atoms with Gasteiger partial charge in [0.2, 0.25) is 0 Å². The molecule has 1 N–H and O–H groups in total. The first-order valence-electron chi connectivity index (χ1n) is 6.82. The van der Waals surface area contributed by atoms with Gasteiger partial charge in [0.15, 0.2) is 17.6 Å². The highest BCUT2D eigenvalue weighted by molar-refractivity contribution is 9.10. The van der Waals surface area contributed by atoms with E-state index in [9.17, 15) is 14.4 Å². The number of carboxylic acid groups (broad SMARTS) is 1. The maximum Gasteiger partial charge on any atom is 0.323 e. The van der Waals surface area contributed by atoms with Crippen LogP contribution in [0.4, 0.5) is 0 Å². The third-order valence-electron chi connectivity index (χ3n) is 3.97. The topological polar surface area (TPSA) is 89.9 Å². The van der Waals surface area contributed by atoms with Crippen molar-refractivity contribution < 1.29 is 29.0 Å². The van der Waals surface area contributed by atoms with Crippen LogP contribution < -0.4 is 0 Å². The molecule has 1 aliphatic heterocycles. The Bertz CT molecular complexity index is 634. The van der Waals surface area contributed by atoms with Gasteiger partial charge in [0.1, 0.15) is 0 Å². The van der Waals surface area contributed by atoms with Crippen LogP contribution in [0.25, 0.3) is 0 Å². The van der Waals surface area contributed by atoms with E-state index in [4.69, 9.17) is 14.6 Å². The molecule has 0 spiro atoms. The van der Waals surface area contributed by atoms with Crippen molar-refractivity contribution in [1.29, 1.82) is 0 Å². The van der Waals surface area contributed by atoms with Crippen molar-refractivity contribution in [1.82, 2.24) is 0 Å². The zero-order valence-corrected chi connectivity index (χ0v) is 13.0. The Morgan fingerprint density at radius 1 is 1.27 bits per heavy atom. The summed E-state index contributed by atoms with van der Waals surface area (Å²) >= 11 is 3.31. The molecule has 1 saturated heterocycles. The van der Waals surface area contributed by atoms with E-state index in [1.807, 2.05) is 0 Å². The molecule has 0 amide bonds. The first kappa shape index (κ1) is 15.0. The van der Waals surface area contributed by atoms with Gasteiger partial charge in [-0.3, -0.25) is 14.4 Å². The van der Waals surface area contributed by atoms with Crippen molar-refractivity contribution >= 4 is 33.8 Å². The molecule has 1 aliphatic carbocycles. The Morgan fingerprint density at radius 3 is 2.45 bits per heavy atom. The van der Waals surface area contributed by atoms with E-state index in [-0.39, 0.29) is 19.3 Å². The molecule has 0 radical (unpaired) electrons.